The van der Waals surface area contributed by atoms with Crippen molar-refractivity contribution < 1.29 is 0 Å². The summed E-state index contributed by atoms with van der Waals surface area (Å²) >= 11 is 0. The third-order valence-electron chi connectivity index (χ3n) is 3.83. The van der Waals surface area contributed by atoms with Crippen LogP contribution >= 0.6 is 0 Å². The highest BCUT2D eigenvalue weighted by atomic mass is 14.8. The summed E-state index contributed by atoms with van der Waals surface area (Å²) in [7, 11) is 2.06. The maximum atomic E-state index is 3.28. The molecule has 0 bridgehead atoms. The number of rotatable bonds is 5. The van der Waals surface area contributed by atoms with Crippen molar-refractivity contribution in [1.29, 1.82) is 0 Å². The topological polar surface area (TPSA) is 12.0 Å². The van der Waals surface area contributed by atoms with Crippen LogP contribution in [0.2, 0.25) is 0 Å². The van der Waals surface area contributed by atoms with Crippen molar-refractivity contribution >= 4 is 0 Å². The number of hydrogen-bond acceptors (Lipinski definition) is 1. The molecule has 1 N–H and O–H groups in total. The maximum Gasteiger partial charge on any atom is -0.00261 e. The molecule has 0 aromatic carbocycles. The molecule has 0 radical (unpaired) electrons. The average Bonchev–Trinajstić information content (AvgIpc) is 2.19. The first-order chi connectivity index (χ1) is 6.76. The standard InChI is InChI=1S/C13H27N/c1-4-12-5-7-13(8-6-12)9-11(2)10-14-3/h11-14H,4-10H2,1-3H3. The van der Waals surface area contributed by atoms with Crippen LogP contribution in [0.3, 0.4) is 0 Å². The summed E-state index contributed by atoms with van der Waals surface area (Å²) in [5.41, 5.74) is 0. The highest BCUT2D eigenvalue weighted by molar-refractivity contribution is 4.73. The van der Waals surface area contributed by atoms with Crippen molar-refractivity contribution in [2.45, 2.75) is 52.4 Å². The van der Waals surface area contributed by atoms with Crippen molar-refractivity contribution in [3.8, 4) is 0 Å². The van der Waals surface area contributed by atoms with Crippen LogP contribution in [-0.4, -0.2) is 13.6 Å². The van der Waals surface area contributed by atoms with Gasteiger partial charge < -0.3 is 5.32 Å². The third-order valence-corrected chi connectivity index (χ3v) is 3.83. The minimum absolute atomic E-state index is 0.864. The van der Waals surface area contributed by atoms with Crippen LogP contribution in [0, 0.1) is 17.8 Å². The van der Waals surface area contributed by atoms with Crippen LogP contribution in [-0.2, 0) is 0 Å². The molecule has 0 heterocycles. The van der Waals surface area contributed by atoms with Gasteiger partial charge in [-0.3, -0.25) is 0 Å². The smallest absolute Gasteiger partial charge is 0.00261 e. The Labute approximate surface area is 89.7 Å². The van der Waals surface area contributed by atoms with E-state index in [1.54, 1.807) is 0 Å². The van der Waals surface area contributed by atoms with Gasteiger partial charge in [0.25, 0.3) is 0 Å². The van der Waals surface area contributed by atoms with Gasteiger partial charge in [0, 0.05) is 0 Å². The molecule has 1 unspecified atom stereocenters. The Morgan fingerprint density at radius 3 is 2.21 bits per heavy atom. The predicted molar refractivity (Wildman–Crippen MR) is 63.4 cm³/mol. The lowest BCUT2D eigenvalue weighted by Crippen LogP contribution is -2.21. The summed E-state index contributed by atoms with van der Waals surface area (Å²) in [4.78, 5) is 0. The zero-order valence-corrected chi connectivity index (χ0v) is 10.2. The Morgan fingerprint density at radius 1 is 1.14 bits per heavy atom. The van der Waals surface area contributed by atoms with E-state index >= 15 is 0 Å². The Balaban J connectivity index is 2.15. The van der Waals surface area contributed by atoms with Gasteiger partial charge in [-0.2, -0.15) is 0 Å². The molecule has 0 aromatic rings. The van der Waals surface area contributed by atoms with Crippen LogP contribution in [0.4, 0.5) is 0 Å². The summed E-state index contributed by atoms with van der Waals surface area (Å²) in [6.07, 6.45) is 8.82. The molecular formula is C13H27N. The van der Waals surface area contributed by atoms with E-state index in [0.29, 0.717) is 0 Å². The van der Waals surface area contributed by atoms with Crippen molar-refractivity contribution in [3.63, 3.8) is 0 Å². The summed E-state index contributed by atoms with van der Waals surface area (Å²) < 4.78 is 0. The molecule has 84 valence electrons. The fourth-order valence-corrected chi connectivity index (χ4v) is 2.88. The fourth-order valence-electron chi connectivity index (χ4n) is 2.88. The van der Waals surface area contributed by atoms with Gasteiger partial charge in [-0.15, -0.1) is 0 Å². The van der Waals surface area contributed by atoms with Crippen molar-refractivity contribution in [3.05, 3.63) is 0 Å². The highest BCUT2D eigenvalue weighted by Crippen LogP contribution is 2.33. The number of nitrogens with one attached hydrogen (secondary N) is 1. The lowest BCUT2D eigenvalue weighted by Gasteiger charge is -2.29. The molecule has 1 nitrogen and oxygen atoms in total. The van der Waals surface area contributed by atoms with Crippen molar-refractivity contribution in [1.82, 2.24) is 5.32 Å². The van der Waals surface area contributed by atoms with Gasteiger partial charge in [-0.25, -0.2) is 0 Å². The second kappa shape index (κ2) is 6.44. The lowest BCUT2D eigenvalue weighted by atomic mass is 9.77. The molecule has 1 saturated carbocycles. The van der Waals surface area contributed by atoms with Gasteiger partial charge in [-0.1, -0.05) is 46.0 Å². The SMILES string of the molecule is CCC1CCC(CC(C)CNC)CC1. The second-order valence-electron chi connectivity index (χ2n) is 5.19. The largest absolute Gasteiger partial charge is 0.319 e. The van der Waals surface area contributed by atoms with E-state index in [2.05, 4.69) is 26.2 Å². The molecule has 1 aliphatic rings. The minimum atomic E-state index is 0.864. The van der Waals surface area contributed by atoms with E-state index in [9.17, 15) is 0 Å². The van der Waals surface area contributed by atoms with Crippen LogP contribution in [0.15, 0.2) is 0 Å². The van der Waals surface area contributed by atoms with Crippen LogP contribution < -0.4 is 5.32 Å². The summed E-state index contributed by atoms with van der Waals surface area (Å²) in [6.45, 7) is 5.91. The molecule has 0 amide bonds. The van der Waals surface area contributed by atoms with Crippen molar-refractivity contribution in [2.75, 3.05) is 13.6 Å². The molecule has 1 aliphatic carbocycles. The van der Waals surface area contributed by atoms with E-state index in [-0.39, 0.29) is 0 Å². The Bertz CT molecular complexity index is 136. The highest BCUT2D eigenvalue weighted by Gasteiger charge is 2.21. The normalized spacial score (nSPS) is 30.2. The molecular weight excluding hydrogens is 170 g/mol. The van der Waals surface area contributed by atoms with Gasteiger partial charge in [0.15, 0.2) is 0 Å². The molecule has 1 fully saturated rings. The van der Waals surface area contributed by atoms with E-state index < -0.39 is 0 Å². The monoisotopic (exact) mass is 197 g/mol. The molecule has 1 atom stereocenters. The predicted octanol–water partition coefficient (Wildman–Crippen LogP) is 3.45. The van der Waals surface area contributed by atoms with Gasteiger partial charge in [0.2, 0.25) is 0 Å². The molecule has 0 spiro atoms. The van der Waals surface area contributed by atoms with Crippen LogP contribution in [0.25, 0.3) is 0 Å². The van der Waals surface area contributed by atoms with E-state index in [1.807, 2.05) is 0 Å². The molecule has 0 saturated heterocycles. The molecule has 14 heavy (non-hydrogen) atoms. The summed E-state index contributed by atoms with van der Waals surface area (Å²) in [6, 6.07) is 0. The molecule has 0 aromatic heterocycles. The first kappa shape index (κ1) is 12.0. The van der Waals surface area contributed by atoms with Gasteiger partial charge in [-0.05, 0) is 37.8 Å². The van der Waals surface area contributed by atoms with Crippen LogP contribution in [0.5, 0.6) is 0 Å². The van der Waals surface area contributed by atoms with Crippen molar-refractivity contribution in [2.24, 2.45) is 17.8 Å². The molecule has 1 rings (SSSR count). The quantitative estimate of drug-likeness (QED) is 0.712. The Kier molecular flexibility index (Phi) is 5.54. The van der Waals surface area contributed by atoms with E-state index in [0.717, 1.165) is 17.8 Å². The Morgan fingerprint density at radius 2 is 1.71 bits per heavy atom. The van der Waals surface area contributed by atoms with Gasteiger partial charge >= 0.3 is 0 Å². The first-order valence-corrected chi connectivity index (χ1v) is 6.40. The van der Waals surface area contributed by atoms with Gasteiger partial charge in [0.05, 0.1) is 0 Å². The van der Waals surface area contributed by atoms with E-state index in [1.165, 1.54) is 45.1 Å². The zero-order valence-electron chi connectivity index (χ0n) is 10.2. The summed E-state index contributed by atoms with van der Waals surface area (Å²) in [5, 5.41) is 3.28. The fraction of sp³-hybridized carbons (Fsp3) is 1.00. The van der Waals surface area contributed by atoms with Gasteiger partial charge in [0.1, 0.15) is 0 Å². The first-order valence-electron chi connectivity index (χ1n) is 6.40. The Hall–Kier alpha value is -0.0400. The second-order valence-corrected chi connectivity index (χ2v) is 5.19. The zero-order chi connectivity index (χ0) is 10.4. The average molecular weight is 197 g/mol. The van der Waals surface area contributed by atoms with Crippen LogP contribution in [0.1, 0.15) is 52.4 Å². The maximum absolute atomic E-state index is 3.28. The lowest BCUT2D eigenvalue weighted by molar-refractivity contribution is 0.235. The molecule has 1 heteroatoms. The number of hydrogen-bond donors (Lipinski definition) is 1. The third kappa shape index (κ3) is 4.00. The minimum Gasteiger partial charge on any atom is -0.319 e. The van der Waals surface area contributed by atoms with E-state index in [4.69, 9.17) is 0 Å². The summed E-state index contributed by atoms with van der Waals surface area (Å²) in [5.74, 6) is 2.94. The molecule has 0 aliphatic heterocycles.